The Morgan fingerprint density at radius 3 is 1.86 bits per heavy atom. The van der Waals surface area contributed by atoms with Crippen molar-refractivity contribution < 1.29 is 38.3 Å². The van der Waals surface area contributed by atoms with Crippen LogP contribution in [0, 0.1) is 10.8 Å². The van der Waals surface area contributed by atoms with Crippen LogP contribution in [0.5, 0.6) is 5.75 Å². The van der Waals surface area contributed by atoms with Crippen molar-refractivity contribution in [1.82, 2.24) is 46.6 Å². The minimum atomic E-state index is -0.973. The fraction of sp³-hybridized carbons (Fsp3) is 0.500. The number of aryl methyl sites for hydroxylation is 1. The molecule has 3 aliphatic rings. The molecular weight excluding hydrogens is 999 g/mol. The maximum Gasteiger partial charge on any atom is 0.251 e. The van der Waals surface area contributed by atoms with Gasteiger partial charge in [-0.15, -0.1) is 0 Å². The predicted octanol–water partition coefficient (Wildman–Crippen LogP) is 5.91. The third kappa shape index (κ3) is 14.0. The first-order chi connectivity index (χ1) is 37.4. The minimum Gasteiger partial charge on any atom is -0.497 e. The first-order valence-corrected chi connectivity index (χ1v) is 27.8. The summed E-state index contributed by atoms with van der Waals surface area (Å²) in [5.74, 6) is -1.88. The van der Waals surface area contributed by atoms with Crippen LogP contribution in [0.15, 0.2) is 97.1 Å². The van der Waals surface area contributed by atoms with Crippen molar-refractivity contribution in [2.75, 3.05) is 27.7 Å². The van der Waals surface area contributed by atoms with E-state index < -0.39 is 71.0 Å². The number of hydrogen-bond acceptors (Lipinski definition) is 10. The molecule has 0 saturated carbocycles. The predicted molar refractivity (Wildman–Crippen MR) is 304 cm³/mol. The van der Waals surface area contributed by atoms with Gasteiger partial charge in [0.15, 0.2) is 0 Å². The molecule has 6 N–H and O–H groups in total. The molecular formula is C62H83N9O8. The molecule has 1 aliphatic carbocycles. The number of benzene rings is 4. The first-order valence-electron chi connectivity index (χ1n) is 27.8. The summed E-state index contributed by atoms with van der Waals surface area (Å²) in [6.07, 6.45) is 2.96. The number of nitrogens with zero attached hydrogens (tertiary/aromatic N) is 3. The van der Waals surface area contributed by atoms with Crippen LogP contribution in [-0.2, 0) is 54.7 Å². The third-order valence-electron chi connectivity index (χ3n) is 16.1. The molecule has 17 nitrogen and oxygen atoms in total. The van der Waals surface area contributed by atoms with Gasteiger partial charge in [-0.2, -0.15) is 0 Å². The second-order valence-corrected chi connectivity index (χ2v) is 23.8. The van der Waals surface area contributed by atoms with Crippen LogP contribution < -0.4 is 36.6 Å². The minimum absolute atomic E-state index is 0.0361. The molecule has 79 heavy (non-hydrogen) atoms. The van der Waals surface area contributed by atoms with Crippen molar-refractivity contribution in [3.8, 4) is 5.75 Å². The van der Waals surface area contributed by atoms with Gasteiger partial charge >= 0.3 is 0 Å². The monoisotopic (exact) mass is 1080 g/mol. The largest absolute Gasteiger partial charge is 0.497 e. The van der Waals surface area contributed by atoms with E-state index in [4.69, 9.17) is 4.74 Å². The van der Waals surface area contributed by atoms with E-state index in [0.717, 1.165) is 47.1 Å². The summed E-state index contributed by atoms with van der Waals surface area (Å²) in [4.78, 5) is 106. The van der Waals surface area contributed by atoms with Crippen LogP contribution in [0.4, 0.5) is 0 Å². The quantitative estimate of drug-likeness (QED) is 0.0694. The van der Waals surface area contributed by atoms with Crippen molar-refractivity contribution >= 4 is 41.4 Å². The molecule has 2 heterocycles. The van der Waals surface area contributed by atoms with Crippen LogP contribution in [0.3, 0.4) is 0 Å². The highest BCUT2D eigenvalue weighted by Gasteiger charge is 2.47. The molecule has 0 radical (unpaired) electrons. The molecule has 1 fully saturated rings. The Hall–Kier alpha value is -7.11. The fourth-order valence-electron chi connectivity index (χ4n) is 10.9. The van der Waals surface area contributed by atoms with Crippen molar-refractivity contribution in [1.29, 1.82) is 0 Å². The standard InChI is InChI=1S/C62H83N9O8/c1-37(63-10)54(72)67-52(61(4,5)6)59(77)70-35-45-21-14-13-20-44(45)32-51(70)58(76)69(39(3)43-23-17-24-47(31-43)79-12)34-40-27-29-42(30-28-40)56(74)65-46-33-50(57(75)66-49-26-18-22-41-19-15-16-25-48(41)49)71(36-46)60(78)53(62(7,8)9)68-55(73)38(2)64-11/h13-17,19-21,23-25,27-31,37-39,46,49-53,63-64H,18,22,26,32-36H2,1-12H3,(H,65,74)(H,66,75)(H,67,72)(H,68,73)/t37?,38?,39-,46+,49-,50+,51?,52?,53?/m1/s1. The van der Waals surface area contributed by atoms with Crippen LogP contribution in [-0.4, -0.2) is 126 Å². The van der Waals surface area contributed by atoms with Crippen LogP contribution in [0.25, 0.3) is 0 Å². The van der Waals surface area contributed by atoms with Crippen molar-refractivity contribution in [3.63, 3.8) is 0 Å². The van der Waals surface area contributed by atoms with Crippen molar-refractivity contribution in [3.05, 3.63) is 136 Å². The first kappa shape index (κ1) is 59.5. The molecule has 4 aromatic rings. The second-order valence-electron chi connectivity index (χ2n) is 23.8. The number of fused-ring (bicyclic) bond motifs is 2. The van der Waals surface area contributed by atoms with E-state index in [9.17, 15) is 24.0 Å². The molecule has 1 saturated heterocycles. The Morgan fingerprint density at radius 2 is 1.27 bits per heavy atom. The molecule has 0 spiro atoms. The zero-order chi connectivity index (χ0) is 57.5. The van der Waals surface area contributed by atoms with Gasteiger partial charge in [-0.1, -0.05) is 114 Å². The highest BCUT2D eigenvalue weighted by Crippen LogP contribution is 2.35. The maximum atomic E-state index is 15.6. The van der Waals surface area contributed by atoms with E-state index in [1.54, 1.807) is 69.1 Å². The molecule has 0 aromatic heterocycles. The average Bonchev–Trinajstić information content (AvgIpc) is 3.99. The Bertz CT molecular complexity index is 2860. The molecule has 9 atom stereocenters. The molecule has 0 bridgehead atoms. The van der Waals surface area contributed by atoms with Gasteiger partial charge in [0.05, 0.1) is 31.3 Å². The van der Waals surface area contributed by atoms with Gasteiger partial charge in [0.1, 0.15) is 29.9 Å². The molecule has 4 aromatic carbocycles. The fourth-order valence-corrected chi connectivity index (χ4v) is 10.9. The molecule has 2 aliphatic heterocycles. The van der Waals surface area contributed by atoms with E-state index >= 15 is 9.59 Å². The number of rotatable bonds is 18. The summed E-state index contributed by atoms with van der Waals surface area (Å²) in [7, 11) is 4.93. The SMILES string of the molecule is CNC(C)C(=O)NC(C(=O)N1Cc2ccccc2CC1C(=O)N(Cc1ccc(C(=O)N[C@H]2C[C@@H](C(=O)N[C@@H]3CCCc4ccccc43)N(C(=O)C(NC(=O)C(C)NC)C(C)(C)C)C2)cc1)[C@H](C)c1cccc(OC)c1)C(C)(C)C. The molecule has 7 rings (SSSR count). The lowest BCUT2D eigenvalue weighted by Gasteiger charge is -2.43. The highest BCUT2D eigenvalue weighted by molar-refractivity contribution is 5.97. The number of likely N-dealkylation sites (N-methyl/N-ethyl adjacent to an activating group) is 2. The smallest absolute Gasteiger partial charge is 0.251 e. The van der Waals surface area contributed by atoms with Gasteiger partial charge in [0, 0.05) is 37.7 Å². The Morgan fingerprint density at radius 1 is 0.684 bits per heavy atom. The number of carbonyl (C=O) groups excluding carboxylic acids is 7. The van der Waals surface area contributed by atoms with Gasteiger partial charge in [-0.05, 0) is 129 Å². The van der Waals surface area contributed by atoms with Crippen LogP contribution >= 0.6 is 0 Å². The van der Waals surface area contributed by atoms with Gasteiger partial charge in [-0.25, -0.2) is 0 Å². The zero-order valence-electron chi connectivity index (χ0n) is 48.2. The summed E-state index contributed by atoms with van der Waals surface area (Å²) < 4.78 is 5.60. The Balaban J connectivity index is 1.15. The van der Waals surface area contributed by atoms with E-state index in [1.165, 1.54) is 10.5 Å². The van der Waals surface area contributed by atoms with E-state index in [-0.39, 0.29) is 68.1 Å². The van der Waals surface area contributed by atoms with Crippen molar-refractivity contribution in [2.45, 2.75) is 162 Å². The molecule has 17 heteroatoms. The molecule has 5 unspecified atom stereocenters. The van der Waals surface area contributed by atoms with Gasteiger partial charge in [0.2, 0.25) is 35.4 Å². The molecule has 424 valence electrons. The normalized spacial score (nSPS) is 20.0. The maximum absolute atomic E-state index is 15.6. The lowest BCUT2D eigenvalue weighted by atomic mass is 9.84. The number of amides is 7. The topological polar surface area (TPSA) is 211 Å². The van der Waals surface area contributed by atoms with E-state index in [0.29, 0.717) is 11.3 Å². The lowest BCUT2D eigenvalue weighted by molar-refractivity contribution is -0.152. The van der Waals surface area contributed by atoms with Crippen LogP contribution in [0.2, 0.25) is 0 Å². The van der Waals surface area contributed by atoms with Crippen LogP contribution in [0.1, 0.15) is 137 Å². The van der Waals surface area contributed by atoms with Gasteiger partial charge < -0.3 is 51.3 Å². The summed E-state index contributed by atoms with van der Waals surface area (Å²) in [5.41, 5.74) is 4.52. The number of carbonyl (C=O) groups is 7. The number of nitrogens with one attached hydrogen (secondary N) is 6. The van der Waals surface area contributed by atoms with Crippen molar-refractivity contribution in [2.24, 2.45) is 10.8 Å². The van der Waals surface area contributed by atoms with E-state index in [1.807, 2.05) is 115 Å². The number of hydrogen-bond donors (Lipinski definition) is 6. The van der Waals surface area contributed by atoms with E-state index in [2.05, 4.69) is 38.0 Å². The average molecular weight is 1080 g/mol. The molecule has 7 amide bonds. The summed E-state index contributed by atoms with van der Waals surface area (Å²) in [6, 6.07) is 24.0. The number of ether oxygens (including phenoxy) is 1. The summed E-state index contributed by atoms with van der Waals surface area (Å²) in [5, 5.41) is 18.2. The summed E-state index contributed by atoms with van der Waals surface area (Å²) >= 11 is 0. The second kappa shape index (κ2) is 25.3. The highest BCUT2D eigenvalue weighted by atomic mass is 16.5. The Kier molecular flexibility index (Phi) is 19.1. The number of likely N-dealkylation sites (tertiary alicyclic amines) is 1. The zero-order valence-corrected chi connectivity index (χ0v) is 48.2. The summed E-state index contributed by atoms with van der Waals surface area (Å²) in [6.45, 7) is 17.0. The van der Waals surface area contributed by atoms with Gasteiger partial charge in [-0.3, -0.25) is 33.6 Å². The number of methoxy groups -OCH3 is 1. The lowest BCUT2D eigenvalue weighted by Crippen LogP contribution is -2.62. The third-order valence-corrected chi connectivity index (χ3v) is 16.1. The van der Waals surface area contributed by atoms with Gasteiger partial charge in [0.25, 0.3) is 5.91 Å². The Labute approximate surface area is 466 Å².